The second-order valence-electron chi connectivity index (χ2n) is 7.53. The summed E-state index contributed by atoms with van der Waals surface area (Å²) in [5.74, 6) is 0.315. The summed E-state index contributed by atoms with van der Waals surface area (Å²) in [6, 6.07) is 8.39. The van der Waals surface area contributed by atoms with Crippen LogP contribution in [0.25, 0.3) is 6.08 Å². The molecule has 1 amide bonds. The molecule has 4 bridgehead atoms. The van der Waals surface area contributed by atoms with Gasteiger partial charge in [0.25, 0.3) is 5.69 Å². The number of carbonyl (C=O) groups excluding carboxylic acids is 1. The number of piperazine rings is 1. The van der Waals surface area contributed by atoms with E-state index in [9.17, 15) is 14.9 Å². The van der Waals surface area contributed by atoms with Crippen molar-refractivity contribution in [2.75, 3.05) is 6.54 Å². The molecule has 5 fully saturated rings. The van der Waals surface area contributed by atoms with Gasteiger partial charge in [-0.05, 0) is 43.4 Å². The molecule has 0 saturated carbocycles. The fourth-order valence-electron chi connectivity index (χ4n) is 5.21. The molecule has 5 aliphatic heterocycles. The van der Waals surface area contributed by atoms with Crippen LogP contribution < -0.4 is 0 Å². The van der Waals surface area contributed by atoms with Crippen LogP contribution in [0.4, 0.5) is 5.69 Å². The fourth-order valence-corrected chi connectivity index (χ4v) is 5.21. The molecule has 0 spiro atoms. The Morgan fingerprint density at radius 1 is 1.12 bits per heavy atom. The topological polar surface area (TPSA) is 66.7 Å². The minimum absolute atomic E-state index is 0.119. The van der Waals surface area contributed by atoms with Gasteiger partial charge in [-0.3, -0.25) is 19.8 Å². The molecule has 0 aliphatic carbocycles. The van der Waals surface area contributed by atoms with Crippen LogP contribution in [0.15, 0.2) is 30.3 Å². The third kappa shape index (κ3) is 2.82. The zero-order chi connectivity index (χ0) is 18.3. The maximum absolute atomic E-state index is 12.4. The molecule has 6 rings (SSSR count). The molecule has 0 N–H and O–H groups in total. The van der Waals surface area contributed by atoms with Crippen molar-refractivity contribution in [1.29, 1.82) is 0 Å². The average molecular weight is 355 g/mol. The monoisotopic (exact) mass is 355 g/mol. The van der Waals surface area contributed by atoms with Crippen molar-refractivity contribution in [3.63, 3.8) is 0 Å². The van der Waals surface area contributed by atoms with E-state index in [4.69, 9.17) is 0 Å². The SMILES string of the molecule is CCC(=O)N1[C@H]2CC[C@H]3[C@@H]1CC[C@@H]2N3C/C=C/c1ccc([N+](=O)[O-])cc1. The van der Waals surface area contributed by atoms with Crippen LogP contribution in [0.3, 0.4) is 0 Å². The summed E-state index contributed by atoms with van der Waals surface area (Å²) in [5, 5.41) is 10.7. The summed E-state index contributed by atoms with van der Waals surface area (Å²) in [5.41, 5.74) is 1.10. The van der Waals surface area contributed by atoms with Crippen LogP contribution >= 0.6 is 0 Å². The van der Waals surface area contributed by atoms with Gasteiger partial charge in [0, 0.05) is 49.3 Å². The normalized spacial score (nSPS) is 30.3. The van der Waals surface area contributed by atoms with Crippen LogP contribution in [0, 0.1) is 10.1 Å². The third-order valence-corrected chi connectivity index (χ3v) is 6.29. The van der Waals surface area contributed by atoms with Crippen LogP contribution in [0.2, 0.25) is 0 Å². The maximum Gasteiger partial charge on any atom is 0.269 e. The minimum Gasteiger partial charge on any atom is -0.334 e. The molecule has 6 nitrogen and oxygen atoms in total. The van der Waals surface area contributed by atoms with Gasteiger partial charge in [0.15, 0.2) is 0 Å². The molecule has 5 saturated heterocycles. The van der Waals surface area contributed by atoms with Crippen molar-refractivity contribution in [3.05, 3.63) is 46.0 Å². The summed E-state index contributed by atoms with van der Waals surface area (Å²) in [6.45, 7) is 2.84. The van der Waals surface area contributed by atoms with E-state index < -0.39 is 0 Å². The summed E-state index contributed by atoms with van der Waals surface area (Å²) in [4.78, 5) is 27.5. The van der Waals surface area contributed by atoms with Crippen molar-refractivity contribution >= 4 is 17.7 Å². The Labute approximate surface area is 153 Å². The lowest BCUT2D eigenvalue weighted by atomic mass is 9.71. The quantitative estimate of drug-likeness (QED) is 0.601. The van der Waals surface area contributed by atoms with Gasteiger partial charge in [0.1, 0.15) is 0 Å². The van der Waals surface area contributed by atoms with E-state index in [0.717, 1.165) is 24.9 Å². The molecule has 1 aromatic rings. The van der Waals surface area contributed by atoms with E-state index in [1.165, 1.54) is 12.8 Å². The number of nitro benzene ring substituents is 1. The lowest BCUT2D eigenvalue weighted by molar-refractivity contribution is -0.384. The maximum atomic E-state index is 12.4. The largest absolute Gasteiger partial charge is 0.334 e. The molecule has 1 aromatic carbocycles. The first-order chi connectivity index (χ1) is 12.6. The van der Waals surface area contributed by atoms with E-state index in [1.807, 2.05) is 13.0 Å². The number of benzene rings is 1. The predicted octanol–water partition coefficient (Wildman–Crippen LogP) is 3.22. The average Bonchev–Trinajstić information content (AvgIpc) is 2.67. The molecule has 0 unspecified atom stereocenters. The number of hydrogen-bond acceptors (Lipinski definition) is 4. The van der Waals surface area contributed by atoms with Gasteiger partial charge in [0.2, 0.25) is 5.91 Å². The number of nitrogens with zero attached hydrogens (tertiary/aromatic N) is 3. The number of nitro groups is 1. The van der Waals surface area contributed by atoms with Gasteiger partial charge in [-0.25, -0.2) is 0 Å². The Bertz CT molecular complexity index is 710. The van der Waals surface area contributed by atoms with Crippen LogP contribution in [-0.4, -0.2) is 51.3 Å². The first-order valence-electron chi connectivity index (χ1n) is 9.58. The summed E-state index contributed by atoms with van der Waals surface area (Å²) < 4.78 is 0. The molecule has 26 heavy (non-hydrogen) atoms. The molecule has 5 aliphatic rings. The van der Waals surface area contributed by atoms with Crippen LogP contribution in [-0.2, 0) is 4.79 Å². The highest BCUT2D eigenvalue weighted by Crippen LogP contribution is 2.45. The third-order valence-electron chi connectivity index (χ3n) is 6.29. The van der Waals surface area contributed by atoms with E-state index in [-0.39, 0.29) is 10.6 Å². The summed E-state index contributed by atoms with van der Waals surface area (Å²) >= 11 is 0. The Morgan fingerprint density at radius 3 is 2.23 bits per heavy atom. The van der Waals surface area contributed by atoms with Crippen molar-refractivity contribution in [2.24, 2.45) is 0 Å². The van der Waals surface area contributed by atoms with E-state index in [2.05, 4.69) is 15.9 Å². The highest BCUT2D eigenvalue weighted by atomic mass is 16.6. The minimum atomic E-state index is -0.377. The van der Waals surface area contributed by atoms with E-state index in [0.29, 0.717) is 36.5 Å². The molecule has 5 heterocycles. The smallest absolute Gasteiger partial charge is 0.269 e. The van der Waals surface area contributed by atoms with E-state index >= 15 is 0 Å². The Hall–Kier alpha value is -2.21. The van der Waals surface area contributed by atoms with Crippen molar-refractivity contribution in [3.8, 4) is 0 Å². The summed E-state index contributed by atoms with van der Waals surface area (Å²) in [6.07, 6.45) is 9.44. The standard InChI is InChI=1S/C20H25N3O3/c1-2-20(24)22-18-11-9-16-19(22)12-10-17(18)21(16)13-3-4-14-5-7-15(8-6-14)23(25)26/h3-8,16-19H,2,9-13H2,1H3/b4-3+/t16-,17-,18-,19-/m0/s1. The van der Waals surface area contributed by atoms with Gasteiger partial charge in [-0.1, -0.05) is 19.1 Å². The van der Waals surface area contributed by atoms with Gasteiger partial charge in [-0.2, -0.15) is 0 Å². The molecule has 6 heteroatoms. The lowest BCUT2D eigenvalue weighted by Gasteiger charge is -2.64. The zero-order valence-electron chi connectivity index (χ0n) is 15.1. The number of carbonyl (C=O) groups is 1. The molecule has 0 aromatic heterocycles. The van der Waals surface area contributed by atoms with E-state index in [1.54, 1.807) is 24.3 Å². The summed E-state index contributed by atoms with van der Waals surface area (Å²) in [7, 11) is 0. The highest BCUT2D eigenvalue weighted by Gasteiger charge is 2.55. The number of fused-ring (bicyclic) bond motifs is 2. The fraction of sp³-hybridized carbons (Fsp3) is 0.550. The zero-order valence-corrected chi connectivity index (χ0v) is 15.1. The molecular formula is C20H25N3O3. The second kappa shape index (κ2) is 6.83. The van der Waals surface area contributed by atoms with Crippen molar-refractivity contribution in [1.82, 2.24) is 9.80 Å². The second-order valence-corrected chi connectivity index (χ2v) is 7.53. The molecule has 138 valence electrons. The van der Waals surface area contributed by atoms with Gasteiger partial charge in [0.05, 0.1) is 4.92 Å². The van der Waals surface area contributed by atoms with Gasteiger partial charge >= 0.3 is 0 Å². The number of amides is 1. The first-order valence-corrected chi connectivity index (χ1v) is 9.58. The highest BCUT2D eigenvalue weighted by molar-refractivity contribution is 5.77. The van der Waals surface area contributed by atoms with Crippen molar-refractivity contribution in [2.45, 2.75) is 63.2 Å². The van der Waals surface area contributed by atoms with Crippen LogP contribution in [0.5, 0.6) is 0 Å². The molecule has 0 radical (unpaired) electrons. The van der Waals surface area contributed by atoms with Gasteiger partial charge in [-0.15, -0.1) is 0 Å². The lowest BCUT2D eigenvalue weighted by Crippen LogP contribution is -2.76. The molecule has 4 atom stereocenters. The number of hydrogen-bond donors (Lipinski definition) is 0. The predicted molar refractivity (Wildman–Crippen MR) is 99.6 cm³/mol. The number of non-ortho nitro benzene ring substituents is 1. The first kappa shape index (κ1) is 17.2. The molecular weight excluding hydrogens is 330 g/mol. The number of rotatable bonds is 5. The number of piperidine rings is 4. The Balaban J connectivity index is 1.44. The Morgan fingerprint density at radius 2 is 1.69 bits per heavy atom. The van der Waals surface area contributed by atoms with Crippen LogP contribution in [0.1, 0.15) is 44.6 Å². The van der Waals surface area contributed by atoms with Crippen molar-refractivity contribution < 1.29 is 9.72 Å². The Kier molecular flexibility index (Phi) is 4.53. The van der Waals surface area contributed by atoms with Gasteiger partial charge < -0.3 is 4.90 Å².